The van der Waals surface area contributed by atoms with Gasteiger partial charge in [-0.1, -0.05) is 145 Å². The average Bonchev–Trinajstić information content (AvgIpc) is 3.31. The second kappa shape index (κ2) is 28.9. The zero-order valence-corrected chi connectivity index (χ0v) is 51.8. The first-order chi connectivity index (χ1) is 34.8. The molecule has 0 aliphatic carbocycles. The van der Waals surface area contributed by atoms with E-state index in [9.17, 15) is 28.8 Å². The zero-order valence-electron chi connectivity index (χ0n) is 51.8. The van der Waals surface area contributed by atoms with Gasteiger partial charge in [-0.3, -0.25) is 19.2 Å². The SMILES string of the molecule is CCOC(=O)/C(C)=C/[C@H](C(C)C)N(C)C(=O)[C@@H](NC(=O)[C@@H](NC)C(C)(C)c1ccc(C)c(C)c1)C(C)(C)C.CCOC(=O)/C(C)=C/[C@H](C(C)C)N(C)C(=O)[C@@H](NC(=O)[C@H](NC)C(C)(C)c1ccc(C)c(C)c1)C(C)(C)C. The highest BCUT2D eigenvalue weighted by Crippen LogP contribution is 2.33. The molecule has 76 heavy (non-hydrogen) atoms. The number of aryl methyl sites for hydroxylation is 4. The third-order valence-electron chi connectivity index (χ3n) is 14.8. The molecule has 2 rings (SSSR count). The Balaban J connectivity index is 0.000000760. The van der Waals surface area contributed by atoms with Crippen LogP contribution in [0.3, 0.4) is 0 Å². The van der Waals surface area contributed by atoms with Crippen LogP contribution in [0.4, 0.5) is 0 Å². The van der Waals surface area contributed by atoms with Crippen LogP contribution in [-0.4, -0.2) is 123 Å². The molecular formula is C62H102N6O8. The van der Waals surface area contributed by atoms with Gasteiger partial charge in [-0.05, 0) is 126 Å². The van der Waals surface area contributed by atoms with Crippen molar-refractivity contribution in [1.82, 2.24) is 31.1 Å². The Morgan fingerprint density at radius 1 is 0.513 bits per heavy atom. The smallest absolute Gasteiger partial charge is 0.333 e. The Hall–Kier alpha value is -5.34. The molecular weight excluding hydrogens is 957 g/mol. The fourth-order valence-electron chi connectivity index (χ4n) is 9.35. The fourth-order valence-corrected chi connectivity index (χ4v) is 9.35. The van der Waals surface area contributed by atoms with Crippen LogP contribution in [-0.2, 0) is 49.1 Å². The maximum absolute atomic E-state index is 13.9. The molecule has 0 saturated heterocycles. The quantitative estimate of drug-likeness (QED) is 0.0657. The van der Waals surface area contributed by atoms with Crippen molar-refractivity contribution < 1.29 is 38.2 Å². The van der Waals surface area contributed by atoms with E-state index in [1.54, 1.807) is 77.8 Å². The van der Waals surface area contributed by atoms with Crippen molar-refractivity contribution in [3.8, 4) is 0 Å². The molecule has 6 atom stereocenters. The normalized spacial score (nSPS) is 15.1. The highest BCUT2D eigenvalue weighted by molar-refractivity contribution is 5.93. The van der Waals surface area contributed by atoms with E-state index < -0.39 is 57.8 Å². The molecule has 0 aliphatic heterocycles. The number of likely N-dealkylation sites (N-methyl/N-ethyl adjacent to an activating group) is 4. The summed E-state index contributed by atoms with van der Waals surface area (Å²) in [5, 5.41) is 12.5. The number of carbonyl (C=O) groups is 6. The number of esters is 2. The minimum Gasteiger partial charge on any atom is -0.463 e. The largest absolute Gasteiger partial charge is 0.463 e. The molecule has 0 saturated carbocycles. The van der Waals surface area contributed by atoms with Gasteiger partial charge in [0.25, 0.3) is 0 Å². The van der Waals surface area contributed by atoms with E-state index in [-0.39, 0.29) is 60.8 Å². The van der Waals surface area contributed by atoms with Crippen LogP contribution < -0.4 is 21.3 Å². The van der Waals surface area contributed by atoms with Crippen molar-refractivity contribution in [2.75, 3.05) is 41.4 Å². The lowest BCUT2D eigenvalue weighted by Crippen LogP contribution is -2.61. The van der Waals surface area contributed by atoms with Crippen LogP contribution in [0.2, 0.25) is 0 Å². The topological polar surface area (TPSA) is 175 Å². The molecule has 2 aromatic rings. The lowest BCUT2D eigenvalue weighted by molar-refractivity contribution is -0.141. The molecule has 0 bridgehead atoms. The minimum absolute atomic E-state index is 0.0402. The molecule has 0 aromatic heterocycles. The molecule has 4 amide bonds. The van der Waals surface area contributed by atoms with Crippen molar-refractivity contribution >= 4 is 35.6 Å². The minimum atomic E-state index is -0.774. The van der Waals surface area contributed by atoms with Gasteiger partial charge in [0.2, 0.25) is 23.6 Å². The lowest BCUT2D eigenvalue weighted by atomic mass is 9.76. The fraction of sp³-hybridized carbons (Fsp3) is 0.645. The van der Waals surface area contributed by atoms with E-state index in [4.69, 9.17) is 9.47 Å². The number of benzene rings is 2. The number of hydrogen-bond acceptors (Lipinski definition) is 10. The maximum atomic E-state index is 13.9. The first kappa shape index (κ1) is 68.7. The Morgan fingerprint density at radius 2 is 0.803 bits per heavy atom. The molecule has 0 spiro atoms. The molecule has 428 valence electrons. The number of amides is 4. The third-order valence-corrected chi connectivity index (χ3v) is 14.8. The summed E-state index contributed by atoms with van der Waals surface area (Å²) >= 11 is 0. The van der Waals surface area contributed by atoms with Gasteiger partial charge >= 0.3 is 11.9 Å². The summed E-state index contributed by atoms with van der Waals surface area (Å²) in [6.07, 6.45) is 3.56. The predicted molar refractivity (Wildman–Crippen MR) is 310 cm³/mol. The predicted octanol–water partition coefficient (Wildman–Crippen LogP) is 9.38. The standard InChI is InChI=1S/2C31H51N3O4/c2*1-14-38-29(37)22(6)18-24(19(2)3)34(13)28(36)26(30(7,8)9)33-27(35)25(32-12)31(10,11)23-16-15-20(4)21(5)17-23/h2*15-19,24-26,32H,14H2,1-13H3,(H,33,35)/b2*22-18+/t24-,25+,26-;24-,25-,26-/m11/s1. The van der Waals surface area contributed by atoms with Crippen molar-refractivity contribution in [2.24, 2.45) is 22.7 Å². The van der Waals surface area contributed by atoms with Crippen LogP contribution in [0.25, 0.3) is 0 Å². The summed E-state index contributed by atoms with van der Waals surface area (Å²) in [4.78, 5) is 83.1. The Labute approximate surface area is 459 Å². The molecule has 0 radical (unpaired) electrons. The van der Waals surface area contributed by atoms with Gasteiger partial charge in [0.05, 0.1) is 37.4 Å². The number of nitrogens with zero attached hydrogens (tertiary/aromatic N) is 2. The second-order valence-corrected chi connectivity index (χ2v) is 24.6. The molecule has 14 heteroatoms. The summed E-state index contributed by atoms with van der Waals surface area (Å²) in [6, 6.07) is 9.14. The monoisotopic (exact) mass is 1060 g/mol. The highest BCUT2D eigenvalue weighted by Gasteiger charge is 2.44. The number of hydrogen-bond donors (Lipinski definition) is 4. The van der Waals surface area contributed by atoms with Crippen LogP contribution in [0, 0.1) is 50.4 Å². The second-order valence-electron chi connectivity index (χ2n) is 24.6. The van der Waals surface area contributed by atoms with E-state index in [0.29, 0.717) is 11.1 Å². The van der Waals surface area contributed by atoms with Gasteiger partial charge in [-0.15, -0.1) is 0 Å². The first-order valence-electron chi connectivity index (χ1n) is 27.1. The van der Waals surface area contributed by atoms with Crippen LogP contribution >= 0.6 is 0 Å². The van der Waals surface area contributed by atoms with Crippen LogP contribution in [0.5, 0.6) is 0 Å². The molecule has 2 aromatic carbocycles. The van der Waals surface area contributed by atoms with Crippen LogP contribution in [0.15, 0.2) is 59.7 Å². The van der Waals surface area contributed by atoms with Gasteiger partial charge in [0, 0.05) is 36.1 Å². The molecule has 0 unspecified atom stereocenters. The third kappa shape index (κ3) is 18.4. The lowest BCUT2D eigenvalue weighted by Gasteiger charge is -2.40. The van der Waals surface area contributed by atoms with Gasteiger partial charge in [-0.25, -0.2) is 9.59 Å². The van der Waals surface area contributed by atoms with Crippen LogP contribution in [0.1, 0.15) is 158 Å². The number of rotatable bonds is 22. The Bertz CT molecular complexity index is 2200. The van der Waals surface area contributed by atoms with Crippen molar-refractivity contribution in [3.63, 3.8) is 0 Å². The summed E-state index contributed by atoms with van der Waals surface area (Å²) in [5.74, 6) is -1.62. The van der Waals surface area contributed by atoms with Crippen molar-refractivity contribution in [2.45, 2.75) is 199 Å². The average molecular weight is 1060 g/mol. The van der Waals surface area contributed by atoms with Crippen molar-refractivity contribution in [3.05, 3.63) is 93.1 Å². The molecule has 0 heterocycles. The number of carbonyl (C=O) groups excluding carboxylic acids is 6. The van der Waals surface area contributed by atoms with Crippen molar-refractivity contribution in [1.29, 1.82) is 0 Å². The summed E-state index contributed by atoms with van der Waals surface area (Å²) in [7, 11) is 6.98. The summed E-state index contributed by atoms with van der Waals surface area (Å²) in [5.41, 5.74) is 5.56. The van der Waals surface area contributed by atoms with E-state index in [0.717, 1.165) is 11.1 Å². The van der Waals surface area contributed by atoms with Gasteiger partial charge in [0.1, 0.15) is 12.1 Å². The molecule has 14 nitrogen and oxygen atoms in total. The number of nitrogens with one attached hydrogen (secondary N) is 4. The number of ether oxygens (including phenoxy) is 2. The summed E-state index contributed by atoms with van der Waals surface area (Å²) in [6.45, 7) is 43.5. The Kier molecular flexibility index (Phi) is 26.1. The van der Waals surface area contributed by atoms with Gasteiger partial charge in [0.15, 0.2) is 0 Å². The first-order valence-corrected chi connectivity index (χ1v) is 27.1. The maximum Gasteiger partial charge on any atom is 0.333 e. The molecule has 4 N–H and O–H groups in total. The van der Waals surface area contributed by atoms with E-state index in [1.807, 2.05) is 96.9 Å². The Morgan fingerprint density at radius 3 is 1.03 bits per heavy atom. The highest BCUT2D eigenvalue weighted by atomic mass is 16.5. The summed E-state index contributed by atoms with van der Waals surface area (Å²) < 4.78 is 10.3. The van der Waals surface area contributed by atoms with E-state index in [2.05, 4.69) is 85.4 Å². The zero-order chi connectivity index (χ0) is 59.2. The van der Waals surface area contributed by atoms with Gasteiger partial charge < -0.3 is 40.5 Å². The molecule has 0 aliphatic rings. The van der Waals surface area contributed by atoms with E-state index in [1.165, 1.54) is 22.3 Å². The van der Waals surface area contributed by atoms with E-state index >= 15 is 0 Å². The molecule has 0 fully saturated rings. The van der Waals surface area contributed by atoms with Gasteiger partial charge in [-0.2, -0.15) is 0 Å².